The molecule has 0 aliphatic carbocycles. The van der Waals surface area contributed by atoms with Gasteiger partial charge in [-0.3, -0.25) is 9.78 Å². The maximum absolute atomic E-state index is 14.0. The number of aryl methyl sites for hydroxylation is 2. The number of pyridine rings is 2. The number of hydrogen-bond acceptors (Lipinski definition) is 5. The van der Waals surface area contributed by atoms with E-state index in [1.54, 1.807) is 37.5 Å². The minimum absolute atomic E-state index is 0.113. The molecular formula is C31H24F3N7O. The van der Waals surface area contributed by atoms with Crippen molar-refractivity contribution >= 4 is 28.3 Å². The van der Waals surface area contributed by atoms with E-state index < -0.39 is 17.6 Å². The number of imidazole rings is 1. The van der Waals surface area contributed by atoms with E-state index in [4.69, 9.17) is 5.73 Å². The average molecular weight is 568 g/mol. The zero-order valence-corrected chi connectivity index (χ0v) is 22.5. The van der Waals surface area contributed by atoms with Crippen LogP contribution in [0.3, 0.4) is 0 Å². The Balaban J connectivity index is 1.32. The van der Waals surface area contributed by atoms with E-state index >= 15 is 0 Å². The third kappa shape index (κ3) is 5.07. The highest BCUT2D eigenvalue weighted by atomic mass is 19.4. The molecule has 42 heavy (non-hydrogen) atoms. The number of hydrogen-bond donors (Lipinski definition) is 2. The Hall–Kier alpha value is -5.45. The number of carbonyl (C=O) groups is 1. The highest BCUT2D eigenvalue weighted by Gasteiger charge is 2.35. The Morgan fingerprint density at radius 2 is 1.79 bits per heavy atom. The van der Waals surface area contributed by atoms with Crippen molar-refractivity contribution in [3.63, 3.8) is 0 Å². The fourth-order valence-electron chi connectivity index (χ4n) is 4.85. The van der Waals surface area contributed by atoms with E-state index in [1.807, 2.05) is 42.0 Å². The van der Waals surface area contributed by atoms with E-state index in [0.29, 0.717) is 22.9 Å². The molecule has 0 bridgehead atoms. The largest absolute Gasteiger partial charge is 0.418 e. The first-order valence-electron chi connectivity index (χ1n) is 12.9. The molecule has 4 heterocycles. The number of nitrogens with zero attached hydrogens (tertiary/aromatic N) is 5. The summed E-state index contributed by atoms with van der Waals surface area (Å²) < 4.78 is 45.1. The van der Waals surface area contributed by atoms with Crippen LogP contribution in [0, 0.1) is 13.8 Å². The van der Waals surface area contributed by atoms with E-state index in [2.05, 4.69) is 20.3 Å². The van der Waals surface area contributed by atoms with E-state index in [9.17, 15) is 18.0 Å². The van der Waals surface area contributed by atoms with Crippen molar-refractivity contribution < 1.29 is 18.0 Å². The molecule has 0 spiro atoms. The molecule has 11 heteroatoms. The third-order valence-electron chi connectivity index (χ3n) is 6.94. The minimum Gasteiger partial charge on any atom is -0.384 e. The third-order valence-corrected chi connectivity index (χ3v) is 6.94. The fourth-order valence-corrected chi connectivity index (χ4v) is 4.85. The molecule has 0 unspecified atom stereocenters. The van der Waals surface area contributed by atoms with Crippen LogP contribution in [0.2, 0.25) is 0 Å². The van der Waals surface area contributed by atoms with Crippen molar-refractivity contribution in [1.29, 1.82) is 0 Å². The van der Waals surface area contributed by atoms with E-state index in [1.165, 1.54) is 29.2 Å². The van der Waals surface area contributed by atoms with Gasteiger partial charge in [0.05, 0.1) is 40.2 Å². The van der Waals surface area contributed by atoms with Crippen LogP contribution in [0.1, 0.15) is 27.2 Å². The van der Waals surface area contributed by atoms with Gasteiger partial charge in [-0.25, -0.2) is 9.97 Å². The molecule has 2 aromatic carbocycles. The molecule has 0 fully saturated rings. The summed E-state index contributed by atoms with van der Waals surface area (Å²) in [5.41, 5.74) is 9.78. The number of nitrogen functional groups attached to an aromatic ring is 1. The van der Waals surface area contributed by atoms with Gasteiger partial charge in [0, 0.05) is 53.1 Å². The summed E-state index contributed by atoms with van der Waals surface area (Å²) in [6.07, 6.45) is 3.44. The first-order chi connectivity index (χ1) is 20.1. The Bertz CT molecular complexity index is 1970. The summed E-state index contributed by atoms with van der Waals surface area (Å²) in [5.74, 6) is -0.270. The highest BCUT2D eigenvalue weighted by Crippen LogP contribution is 2.35. The number of aromatic nitrogens is 5. The van der Waals surface area contributed by atoms with Crippen molar-refractivity contribution in [2.45, 2.75) is 20.0 Å². The monoisotopic (exact) mass is 567 g/mol. The first-order valence-corrected chi connectivity index (χ1v) is 12.9. The van der Waals surface area contributed by atoms with Gasteiger partial charge in [0.1, 0.15) is 5.82 Å². The number of anilines is 2. The van der Waals surface area contributed by atoms with Crippen LogP contribution in [-0.4, -0.2) is 30.0 Å². The van der Waals surface area contributed by atoms with Gasteiger partial charge < -0.3 is 20.2 Å². The molecule has 8 nitrogen and oxygen atoms in total. The highest BCUT2D eigenvalue weighted by molar-refractivity contribution is 6.05. The Kier molecular flexibility index (Phi) is 6.49. The van der Waals surface area contributed by atoms with Crippen molar-refractivity contribution in [2.75, 3.05) is 11.1 Å². The van der Waals surface area contributed by atoms with Gasteiger partial charge >= 0.3 is 6.18 Å². The molecule has 1 amide bonds. The predicted octanol–water partition coefficient (Wildman–Crippen LogP) is 6.74. The van der Waals surface area contributed by atoms with Gasteiger partial charge in [-0.1, -0.05) is 6.07 Å². The summed E-state index contributed by atoms with van der Waals surface area (Å²) in [6.45, 7) is 3.60. The first kappa shape index (κ1) is 26.8. The van der Waals surface area contributed by atoms with Gasteiger partial charge in [0.25, 0.3) is 5.91 Å². The smallest absolute Gasteiger partial charge is 0.384 e. The minimum atomic E-state index is -4.68. The molecule has 6 rings (SSSR count). The van der Waals surface area contributed by atoms with Crippen molar-refractivity contribution in [3.05, 3.63) is 114 Å². The number of nitrogens with one attached hydrogen (secondary N) is 1. The SMILES string of the molecule is Cc1cn(-c2ccc(C(=O)Nc3ccc(C)c(-c4cc5c(ccn5-c5ccnc(N)c5)cn4)c3)cc2C(F)(F)F)cn1. The molecule has 0 radical (unpaired) electrons. The summed E-state index contributed by atoms with van der Waals surface area (Å²) >= 11 is 0. The lowest BCUT2D eigenvalue weighted by atomic mass is 10.0. The number of nitrogens with two attached hydrogens (primary N) is 1. The number of amides is 1. The molecule has 0 aliphatic rings. The Labute approximate surface area is 238 Å². The lowest BCUT2D eigenvalue weighted by Crippen LogP contribution is -2.16. The number of fused-ring (bicyclic) bond motifs is 1. The molecule has 4 aromatic heterocycles. The van der Waals surface area contributed by atoms with Gasteiger partial charge in [0.15, 0.2) is 0 Å². The number of benzene rings is 2. The maximum Gasteiger partial charge on any atom is 0.418 e. The number of halogens is 3. The second-order valence-corrected chi connectivity index (χ2v) is 9.89. The normalized spacial score (nSPS) is 11.6. The second-order valence-electron chi connectivity index (χ2n) is 9.89. The van der Waals surface area contributed by atoms with Gasteiger partial charge in [-0.05, 0) is 67.9 Å². The van der Waals surface area contributed by atoms with Gasteiger partial charge in [-0.2, -0.15) is 13.2 Å². The molecule has 0 saturated heterocycles. The van der Waals surface area contributed by atoms with Crippen LogP contribution in [0.4, 0.5) is 24.7 Å². The van der Waals surface area contributed by atoms with Crippen LogP contribution in [-0.2, 0) is 6.18 Å². The van der Waals surface area contributed by atoms with Gasteiger partial charge in [0.2, 0.25) is 0 Å². The molecule has 6 aromatic rings. The standard InChI is InChI=1S/C31H24F3N7O/c1-18-3-5-22(39-30(42)20-4-6-27(25(11-20)31(32,33)34)40-16-19(2)38-17-40)12-24(18)26-14-28-21(15-37-26)8-10-41(28)23-7-9-36-29(35)13-23/h3-17H,1-2H3,(H2,35,36)(H,39,42). The molecule has 3 N–H and O–H groups in total. The lowest BCUT2D eigenvalue weighted by molar-refractivity contribution is -0.137. The van der Waals surface area contributed by atoms with E-state index in [0.717, 1.165) is 33.8 Å². The van der Waals surface area contributed by atoms with Crippen LogP contribution < -0.4 is 11.1 Å². The molecule has 0 atom stereocenters. The summed E-state index contributed by atoms with van der Waals surface area (Å²) in [5, 5.41) is 3.66. The molecule has 210 valence electrons. The quantitative estimate of drug-likeness (QED) is 0.240. The second kappa shape index (κ2) is 10.2. The summed E-state index contributed by atoms with van der Waals surface area (Å²) in [4.78, 5) is 25.8. The average Bonchev–Trinajstić information content (AvgIpc) is 3.59. The number of rotatable bonds is 5. The zero-order chi connectivity index (χ0) is 29.6. The summed E-state index contributed by atoms with van der Waals surface area (Å²) in [7, 11) is 0. The molecule has 0 saturated carbocycles. The lowest BCUT2D eigenvalue weighted by Gasteiger charge is -2.15. The van der Waals surface area contributed by atoms with E-state index in [-0.39, 0.29) is 11.3 Å². The molecule has 0 aliphatic heterocycles. The Morgan fingerprint density at radius 1 is 0.952 bits per heavy atom. The topological polar surface area (TPSA) is 104 Å². The summed E-state index contributed by atoms with van der Waals surface area (Å²) in [6, 6.07) is 16.3. The predicted molar refractivity (Wildman–Crippen MR) is 155 cm³/mol. The van der Waals surface area contributed by atoms with Crippen LogP contribution in [0.15, 0.2) is 91.8 Å². The van der Waals surface area contributed by atoms with Crippen LogP contribution in [0.25, 0.3) is 33.5 Å². The number of carbonyl (C=O) groups excluding carboxylic acids is 1. The van der Waals surface area contributed by atoms with Crippen LogP contribution in [0.5, 0.6) is 0 Å². The number of alkyl halides is 3. The zero-order valence-electron chi connectivity index (χ0n) is 22.5. The van der Waals surface area contributed by atoms with Crippen LogP contribution >= 0.6 is 0 Å². The Morgan fingerprint density at radius 3 is 2.52 bits per heavy atom. The van der Waals surface area contributed by atoms with Crippen molar-refractivity contribution in [1.82, 2.24) is 24.1 Å². The van der Waals surface area contributed by atoms with Crippen molar-refractivity contribution in [2.24, 2.45) is 0 Å². The maximum atomic E-state index is 14.0. The van der Waals surface area contributed by atoms with Gasteiger partial charge in [-0.15, -0.1) is 0 Å². The molecular weight excluding hydrogens is 543 g/mol. The fraction of sp³-hybridized carbons (Fsp3) is 0.0968. The van der Waals surface area contributed by atoms with Crippen molar-refractivity contribution in [3.8, 4) is 22.6 Å².